The van der Waals surface area contributed by atoms with Gasteiger partial charge in [0.2, 0.25) is 6.41 Å². The third-order valence-electron chi connectivity index (χ3n) is 2.44. The molecule has 2 N–H and O–H groups in total. The average Bonchev–Trinajstić information content (AvgIpc) is 2.30. The van der Waals surface area contributed by atoms with Crippen molar-refractivity contribution in [2.24, 2.45) is 0 Å². The summed E-state index contributed by atoms with van der Waals surface area (Å²) in [4.78, 5) is 20.9. The van der Waals surface area contributed by atoms with Crippen molar-refractivity contribution in [1.29, 1.82) is 0 Å². The molecule has 0 radical (unpaired) electrons. The van der Waals surface area contributed by atoms with Gasteiger partial charge in [-0.25, -0.2) is 9.18 Å². The molecule has 1 aromatic carbocycles. The van der Waals surface area contributed by atoms with E-state index < -0.39 is 12.0 Å². The van der Waals surface area contributed by atoms with E-state index in [4.69, 9.17) is 5.11 Å². The minimum Gasteiger partial charge on any atom is -0.480 e. The van der Waals surface area contributed by atoms with Gasteiger partial charge in [-0.3, -0.25) is 4.79 Å². The summed E-state index contributed by atoms with van der Waals surface area (Å²) in [5, 5.41) is 11.0. The summed E-state index contributed by atoms with van der Waals surface area (Å²) >= 11 is 0. The van der Waals surface area contributed by atoms with E-state index in [-0.39, 0.29) is 5.82 Å². The number of nitrogens with one attached hydrogen (secondary N) is 1. The first kappa shape index (κ1) is 13.2. The number of rotatable bonds is 7. The molecular formula is C12H14FNO3. The second-order valence-corrected chi connectivity index (χ2v) is 3.69. The van der Waals surface area contributed by atoms with Gasteiger partial charge in [0.25, 0.3) is 0 Å². The highest BCUT2D eigenvalue weighted by molar-refractivity contribution is 5.76. The normalized spacial score (nSPS) is 11.8. The zero-order valence-electron chi connectivity index (χ0n) is 9.23. The van der Waals surface area contributed by atoms with Crippen molar-refractivity contribution in [3.05, 3.63) is 35.6 Å². The standard InChI is InChI=1S/C12H14FNO3/c13-10-6-4-9(5-7-10)2-1-3-11(12(16)17)14-8-15/h4-8,11H,1-3H2,(H,14,15)(H,16,17). The number of carbonyl (C=O) groups is 2. The Morgan fingerprint density at radius 3 is 2.59 bits per heavy atom. The summed E-state index contributed by atoms with van der Waals surface area (Å²) in [6.07, 6.45) is 2.01. The molecule has 1 atom stereocenters. The molecule has 92 valence electrons. The van der Waals surface area contributed by atoms with Crippen LogP contribution in [0.5, 0.6) is 0 Å². The number of halogens is 1. The van der Waals surface area contributed by atoms with Crippen LogP contribution in [0.25, 0.3) is 0 Å². The van der Waals surface area contributed by atoms with E-state index >= 15 is 0 Å². The van der Waals surface area contributed by atoms with Crippen LogP contribution >= 0.6 is 0 Å². The second-order valence-electron chi connectivity index (χ2n) is 3.69. The number of carboxylic acids is 1. The molecule has 0 bridgehead atoms. The maximum absolute atomic E-state index is 12.6. The van der Waals surface area contributed by atoms with Gasteiger partial charge < -0.3 is 10.4 Å². The van der Waals surface area contributed by atoms with E-state index in [1.165, 1.54) is 12.1 Å². The molecule has 5 heteroatoms. The van der Waals surface area contributed by atoms with Gasteiger partial charge in [-0.2, -0.15) is 0 Å². The van der Waals surface area contributed by atoms with Crippen LogP contribution in [0, 0.1) is 5.82 Å². The van der Waals surface area contributed by atoms with Crippen LogP contribution in [0.1, 0.15) is 18.4 Å². The van der Waals surface area contributed by atoms with Gasteiger partial charge >= 0.3 is 5.97 Å². The van der Waals surface area contributed by atoms with Gasteiger partial charge in [-0.1, -0.05) is 12.1 Å². The molecule has 0 saturated heterocycles. The molecule has 1 unspecified atom stereocenters. The van der Waals surface area contributed by atoms with Crippen LogP contribution in [0.15, 0.2) is 24.3 Å². The lowest BCUT2D eigenvalue weighted by molar-refractivity contribution is -0.140. The highest BCUT2D eigenvalue weighted by atomic mass is 19.1. The van der Waals surface area contributed by atoms with Crippen molar-refractivity contribution in [2.75, 3.05) is 0 Å². The number of aryl methyl sites for hydroxylation is 1. The van der Waals surface area contributed by atoms with E-state index in [1.807, 2.05) is 0 Å². The SMILES string of the molecule is O=CNC(CCCc1ccc(F)cc1)C(=O)O. The van der Waals surface area contributed by atoms with Crippen LogP contribution in [-0.4, -0.2) is 23.5 Å². The van der Waals surface area contributed by atoms with Gasteiger partial charge in [-0.05, 0) is 37.0 Å². The molecule has 0 saturated carbocycles. The summed E-state index contributed by atoms with van der Waals surface area (Å²) < 4.78 is 12.6. The average molecular weight is 239 g/mol. The van der Waals surface area contributed by atoms with Gasteiger partial charge in [-0.15, -0.1) is 0 Å². The fourth-order valence-electron chi connectivity index (χ4n) is 1.52. The molecule has 1 rings (SSSR count). The first-order valence-electron chi connectivity index (χ1n) is 5.30. The van der Waals surface area contributed by atoms with Crippen molar-refractivity contribution in [3.63, 3.8) is 0 Å². The Balaban J connectivity index is 2.37. The van der Waals surface area contributed by atoms with Crippen molar-refractivity contribution in [1.82, 2.24) is 5.32 Å². The van der Waals surface area contributed by atoms with Gasteiger partial charge in [0.05, 0.1) is 0 Å². The third kappa shape index (κ3) is 4.63. The van der Waals surface area contributed by atoms with E-state index in [0.717, 1.165) is 5.56 Å². The Morgan fingerprint density at radius 2 is 2.06 bits per heavy atom. The summed E-state index contributed by atoms with van der Waals surface area (Å²) in [6, 6.07) is 5.21. The molecule has 1 aromatic rings. The molecule has 0 aromatic heterocycles. The third-order valence-corrected chi connectivity index (χ3v) is 2.44. The summed E-state index contributed by atoms with van der Waals surface area (Å²) in [6.45, 7) is 0. The molecule has 1 amide bonds. The highest BCUT2D eigenvalue weighted by Gasteiger charge is 2.15. The maximum Gasteiger partial charge on any atom is 0.326 e. The molecule has 4 nitrogen and oxygen atoms in total. The van der Waals surface area contributed by atoms with E-state index in [9.17, 15) is 14.0 Å². The summed E-state index contributed by atoms with van der Waals surface area (Å²) in [5.41, 5.74) is 0.946. The Kier molecular flexibility index (Phi) is 5.13. The number of benzene rings is 1. The molecule has 0 aliphatic rings. The molecule has 0 aliphatic heterocycles. The Bertz CT molecular complexity index is 378. The molecule has 0 fully saturated rings. The lowest BCUT2D eigenvalue weighted by atomic mass is 10.0. The summed E-state index contributed by atoms with van der Waals surface area (Å²) in [5.74, 6) is -1.34. The monoisotopic (exact) mass is 239 g/mol. The van der Waals surface area contributed by atoms with Crippen molar-refractivity contribution < 1.29 is 19.1 Å². The van der Waals surface area contributed by atoms with Crippen molar-refractivity contribution in [2.45, 2.75) is 25.3 Å². The fourth-order valence-corrected chi connectivity index (χ4v) is 1.52. The van der Waals surface area contributed by atoms with Crippen LogP contribution < -0.4 is 5.32 Å². The largest absolute Gasteiger partial charge is 0.480 e. The Hall–Kier alpha value is -1.91. The Morgan fingerprint density at radius 1 is 1.41 bits per heavy atom. The minimum absolute atomic E-state index is 0.292. The zero-order valence-corrected chi connectivity index (χ0v) is 9.23. The topological polar surface area (TPSA) is 66.4 Å². The summed E-state index contributed by atoms with van der Waals surface area (Å²) in [7, 11) is 0. The van der Waals surface area contributed by atoms with Crippen molar-refractivity contribution >= 4 is 12.4 Å². The van der Waals surface area contributed by atoms with Crippen LogP contribution in [0.2, 0.25) is 0 Å². The first-order valence-corrected chi connectivity index (χ1v) is 5.30. The van der Waals surface area contributed by atoms with Gasteiger partial charge in [0.15, 0.2) is 0 Å². The van der Waals surface area contributed by atoms with E-state index in [2.05, 4.69) is 5.32 Å². The number of amides is 1. The molecule has 0 spiro atoms. The predicted octanol–water partition coefficient (Wildman–Crippen LogP) is 1.35. The fraction of sp³-hybridized carbons (Fsp3) is 0.333. The lowest BCUT2D eigenvalue weighted by Crippen LogP contribution is -2.35. The number of hydrogen-bond acceptors (Lipinski definition) is 2. The number of carboxylic acid groups (broad SMARTS) is 1. The lowest BCUT2D eigenvalue weighted by Gasteiger charge is -2.10. The van der Waals surface area contributed by atoms with Crippen molar-refractivity contribution in [3.8, 4) is 0 Å². The molecule has 0 aliphatic carbocycles. The number of hydrogen-bond donors (Lipinski definition) is 2. The smallest absolute Gasteiger partial charge is 0.326 e. The van der Waals surface area contributed by atoms with Gasteiger partial charge in [0, 0.05) is 0 Å². The minimum atomic E-state index is -1.05. The molecule has 0 heterocycles. The van der Waals surface area contributed by atoms with Crippen LogP contribution in [0.4, 0.5) is 4.39 Å². The van der Waals surface area contributed by atoms with E-state index in [1.54, 1.807) is 12.1 Å². The van der Waals surface area contributed by atoms with Crippen LogP contribution in [0.3, 0.4) is 0 Å². The van der Waals surface area contributed by atoms with E-state index in [0.29, 0.717) is 25.7 Å². The highest BCUT2D eigenvalue weighted by Crippen LogP contribution is 2.08. The first-order chi connectivity index (χ1) is 8.13. The zero-order chi connectivity index (χ0) is 12.7. The number of aliphatic carboxylic acids is 1. The molecular weight excluding hydrogens is 225 g/mol. The van der Waals surface area contributed by atoms with Crippen LogP contribution in [-0.2, 0) is 16.0 Å². The van der Waals surface area contributed by atoms with Gasteiger partial charge in [0.1, 0.15) is 11.9 Å². The quantitative estimate of drug-likeness (QED) is 0.706. The second kappa shape index (κ2) is 6.62. The Labute approximate surface area is 98.5 Å². The predicted molar refractivity (Wildman–Crippen MR) is 60.0 cm³/mol. The maximum atomic E-state index is 12.6. The number of carbonyl (C=O) groups excluding carboxylic acids is 1. The molecule has 17 heavy (non-hydrogen) atoms.